The first kappa shape index (κ1) is 23.8. The molecule has 178 valence electrons. The van der Waals surface area contributed by atoms with E-state index in [1.165, 1.54) is 6.07 Å². The number of hydrogen-bond acceptors (Lipinski definition) is 0. The number of allylic oxidation sites excluding steroid dienone is 2. The van der Waals surface area contributed by atoms with Gasteiger partial charge in [0.2, 0.25) is 0 Å². The van der Waals surface area contributed by atoms with E-state index in [1.54, 1.807) is 0 Å². The van der Waals surface area contributed by atoms with Crippen LogP contribution in [0.2, 0.25) is 0 Å². The number of rotatable bonds is 4. The molecule has 4 atom stereocenters. The van der Waals surface area contributed by atoms with Crippen molar-refractivity contribution in [2.24, 2.45) is 11.8 Å². The highest BCUT2D eigenvalue weighted by atomic mass is 19.4. The van der Waals surface area contributed by atoms with E-state index in [0.29, 0.717) is 43.2 Å². The molecule has 2 aliphatic carbocycles. The summed E-state index contributed by atoms with van der Waals surface area (Å²) >= 11 is 0. The third-order valence-corrected chi connectivity index (χ3v) is 7.33. The van der Waals surface area contributed by atoms with Gasteiger partial charge in [-0.2, -0.15) is 13.2 Å². The van der Waals surface area contributed by atoms with Crippen LogP contribution >= 0.6 is 0 Å². The van der Waals surface area contributed by atoms with Gasteiger partial charge in [0.15, 0.2) is 0 Å². The van der Waals surface area contributed by atoms with Crippen LogP contribution in [0.25, 0.3) is 0 Å². The fourth-order valence-electron chi connectivity index (χ4n) is 6.06. The van der Waals surface area contributed by atoms with Gasteiger partial charge in [0.1, 0.15) is 28.8 Å². The predicted molar refractivity (Wildman–Crippen MR) is 112 cm³/mol. The second-order valence-corrected chi connectivity index (χ2v) is 9.13. The molecule has 0 radical (unpaired) electrons. The largest absolute Gasteiger partial charge is 0.422 e. The molecule has 0 amide bonds. The predicted octanol–water partition coefficient (Wildman–Crippen LogP) is 8.46. The van der Waals surface area contributed by atoms with E-state index >= 15 is 0 Å². The molecule has 0 N–H and O–H groups in total. The quantitative estimate of drug-likeness (QED) is 0.311. The monoisotopic (exact) mass is 470 g/mol. The lowest BCUT2D eigenvalue weighted by Gasteiger charge is -2.47. The number of benzene rings is 2. The fraction of sp³-hybridized carbons (Fsp3) is 0.462. The molecule has 0 nitrogen and oxygen atoms in total. The lowest BCUT2D eigenvalue weighted by Crippen LogP contribution is -2.36. The molecule has 1 fully saturated rings. The molecule has 2 aromatic rings. The van der Waals surface area contributed by atoms with Crippen LogP contribution in [0.4, 0.5) is 30.7 Å². The van der Waals surface area contributed by atoms with Crippen LogP contribution in [0.5, 0.6) is 0 Å². The lowest BCUT2D eigenvalue weighted by atomic mass is 9.57. The van der Waals surface area contributed by atoms with Crippen LogP contribution in [-0.2, 0) is 12.6 Å². The minimum Gasteiger partial charge on any atom is -0.207 e. The first-order chi connectivity index (χ1) is 15.6. The molecular formula is C26H25F7. The Labute approximate surface area is 188 Å². The minimum absolute atomic E-state index is 0.00190. The Morgan fingerprint density at radius 3 is 2.24 bits per heavy atom. The zero-order chi connectivity index (χ0) is 23.9. The normalized spacial score (nSPS) is 25.2. The highest BCUT2D eigenvalue weighted by Crippen LogP contribution is 2.55. The number of hydrogen-bond donors (Lipinski definition) is 0. The van der Waals surface area contributed by atoms with Gasteiger partial charge in [-0.1, -0.05) is 12.2 Å². The molecule has 2 aliphatic rings. The van der Waals surface area contributed by atoms with E-state index < -0.39 is 40.9 Å². The summed E-state index contributed by atoms with van der Waals surface area (Å²) in [6, 6.07) is 3.81. The minimum atomic E-state index is -5.13. The standard InChI is InChI=1S/C26H25F7/c1-2-3-4-5-14-6-7-17-19(9-8-18-20(17)12-16(27)13-21(18)28)24(14)15-10-22(29)25(23(30)11-15)26(31,32)33/h2-3,10-14,17,19,24H,4-9H2,1H3. The number of alkyl halides is 3. The van der Waals surface area contributed by atoms with Gasteiger partial charge < -0.3 is 0 Å². The van der Waals surface area contributed by atoms with Gasteiger partial charge in [0.05, 0.1) is 0 Å². The first-order valence-corrected chi connectivity index (χ1v) is 11.3. The zero-order valence-corrected chi connectivity index (χ0v) is 18.2. The smallest absolute Gasteiger partial charge is 0.207 e. The molecule has 0 bridgehead atoms. The van der Waals surface area contributed by atoms with Crippen molar-refractivity contribution in [3.63, 3.8) is 0 Å². The van der Waals surface area contributed by atoms with Gasteiger partial charge in [0, 0.05) is 6.07 Å². The molecular weight excluding hydrogens is 445 g/mol. The highest BCUT2D eigenvalue weighted by molar-refractivity contribution is 5.39. The first-order valence-electron chi connectivity index (χ1n) is 11.3. The molecule has 2 aromatic carbocycles. The van der Waals surface area contributed by atoms with Crippen molar-refractivity contribution < 1.29 is 30.7 Å². The maximum atomic E-state index is 14.5. The molecule has 4 rings (SSSR count). The molecule has 0 saturated heterocycles. The molecule has 0 spiro atoms. The van der Waals surface area contributed by atoms with E-state index in [1.807, 2.05) is 19.1 Å². The van der Waals surface area contributed by atoms with Crippen LogP contribution in [0, 0.1) is 35.1 Å². The summed E-state index contributed by atoms with van der Waals surface area (Å²) in [5, 5.41) is 0. The maximum absolute atomic E-state index is 14.5. The van der Waals surface area contributed by atoms with E-state index in [2.05, 4.69) is 0 Å². The van der Waals surface area contributed by atoms with E-state index in [0.717, 1.165) is 24.6 Å². The molecule has 33 heavy (non-hydrogen) atoms. The van der Waals surface area contributed by atoms with Crippen molar-refractivity contribution in [3.8, 4) is 0 Å². The van der Waals surface area contributed by atoms with Gasteiger partial charge in [0.25, 0.3) is 0 Å². The van der Waals surface area contributed by atoms with Crippen molar-refractivity contribution >= 4 is 0 Å². The Hall–Kier alpha value is -2.31. The van der Waals surface area contributed by atoms with Crippen LogP contribution in [0.15, 0.2) is 36.4 Å². The van der Waals surface area contributed by atoms with Crippen LogP contribution in [0.1, 0.15) is 73.1 Å². The fourth-order valence-corrected chi connectivity index (χ4v) is 6.06. The van der Waals surface area contributed by atoms with Gasteiger partial charge in [-0.3, -0.25) is 0 Å². The van der Waals surface area contributed by atoms with Gasteiger partial charge in [-0.15, -0.1) is 0 Å². The second kappa shape index (κ2) is 9.15. The number of fused-ring (bicyclic) bond motifs is 3. The highest BCUT2D eigenvalue weighted by Gasteiger charge is 2.45. The van der Waals surface area contributed by atoms with Crippen LogP contribution in [0.3, 0.4) is 0 Å². The Balaban J connectivity index is 1.78. The molecule has 7 heteroatoms. The third kappa shape index (κ3) is 4.56. The summed E-state index contributed by atoms with van der Waals surface area (Å²) in [5.74, 6) is -5.31. The summed E-state index contributed by atoms with van der Waals surface area (Å²) in [6.07, 6.45) is 2.41. The van der Waals surface area contributed by atoms with Crippen LogP contribution in [-0.4, -0.2) is 0 Å². The SMILES string of the molecule is CC=CCCC1CCC2c3cc(F)cc(F)c3CCC2C1c1cc(F)c(C(F)(F)F)c(F)c1. The van der Waals surface area contributed by atoms with Gasteiger partial charge in [-0.25, -0.2) is 17.6 Å². The summed E-state index contributed by atoms with van der Waals surface area (Å²) < 4.78 is 96.8. The van der Waals surface area contributed by atoms with Gasteiger partial charge >= 0.3 is 6.18 Å². The lowest BCUT2D eigenvalue weighted by molar-refractivity contribution is -0.142. The van der Waals surface area contributed by atoms with Crippen molar-refractivity contribution in [2.75, 3.05) is 0 Å². The Morgan fingerprint density at radius 2 is 1.61 bits per heavy atom. The van der Waals surface area contributed by atoms with E-state index in [4.69, 9.17) is 0 Å². The molecule has 1 saturated carbocycles. The molecule has 0 aliphatic heterocycles. The second-order valence-electron chi connectivity index (χ2n) is 9.13. The van der Waals surface area contributed by atoms with Crippen molar-refractivity contribution in [3.05, 3.63) is 81.9 Å². The Kier molecular flexibility index (Phi) is 6.61. The number of halogens is 7. The summed E-state index contributed by atoms with van der Waals surface area (Å²) in [7, 11) is 0. The maximum Gasteiger partial charge on any atom is 0.422 e. The van der Waals surface area contributed by atoms with E-state index in [-0.39, 0.29) is 23.3 Å². The Morgan fingerprint density at radius 1 is 0.909 bits per heavy atom. The topological polar surface area (TPSA) is 0 Å². The van der Waals surface area contributed by atoms with Crippen molar-refractivity contribution in [1.29, 1.82) is 0 Å². The third-order valence-electron chi connectivity index (χ3n) is 7.33. The average molecular weight is 470 g/mol. The summed E-state index contributed by atoms with van der Waals surface area (Å²) in [4.78, 5) is 0. The molecule has 4 unspecified atom stereocenters. The molecule has 0 heterocycles. The average Bonchev–Trinajstić information content (AvgIpc) is 2.71. The molecule has 0 aromatic heterocycles. The zero-order valence-electron chi connectivity index (χ0n) is 18.2. The van der Waals surface area contributed by atoms with Crippen LogP contribution < -0.4 is 0 Å². The Bertz CT molecular complexity index is 1030. The summed E-state index contributed by atoms with van der Waals surface area (Å²) in [6.45, 7) is 1.89. The van der Waals surface area contributed by atoms with Crippen molar-refractivity contribution in [1.82, 2.24) is 0 Å². The van der Waals surface area contributed by atoms with Crippen molar-refractivity contribution in [2.45, 2.75) is 63.5 Å². The van der Waals surface area contributed by atoms with Gasteiger partial charge in [-0.05, 0) is 104 Å². The van der Waals surface area contributed by atoms with E-state index in [9.17, 15) is 30.7 Å². The summed E-state index contributed by atoms with van der Waals surface area (Å²) in [5.41, 5.74) is -0.650.